The summed E-state index contributed by atoms with van der Waals surface area (Å²) in [4.78, 5) is 34.3. The first kappa shape index (κ1) is 23.9. The zero-order valence-electron chi connectivity index (χ0n) is 17.0. The van der Waals surface area contributed by atoms with E-state index in [0.717, 1.165) is 11.1 Å². The number of para-hydroxylation sites is 1. The molecule has 164 valence electrons. The fraction of sp³-hybridized carbons (Fsp3) is 0.286. The van der Waals surface area contributed by atoms with Gasteiger partial charge in [-0.2, -0.15) is 0 Å². The van der Waals surface area contributed by atoms with Crippen LogP contribution in [-0.2, 0) is 29.0 Å². The lowest BCUT2D eigenvalue weighted by Gasteiger charge is -2.18. The average Bonchev–Trinajstić information content (AvgIpc) is 2.71. The quantitative estimate of drug-likeness (QED) is 0.301. The van der Waals surface area contributed by atoms with Gasteiger partial charge in [-0.15, -0.1) is 0 Å². The number of aromatic carboxylic acids is 1. The van der Waals surface area contributed by atoms with Crippen molar-refractivity contribution in [2.24, 2.45) is 0 Å². The lowest BCUT2D eigenvalue weighted by Crippen LogP contribution is -2.35. The van der Waals surface area contributed by atoms with Crippen molar-refractivity contribution in [3.05, 3.63) is 64.7 Å². The average molecular weight is 428 g/mol. The van der Waals surface area contributed by atoms with Crippen molar-refractivity contribution < 1.29 is 34.6 Å². The van der Waals surface area contributed by atoms with Crippen LogP contribution in [0.4, 0.5) is 0 Å². The molecule has 0 unspecified atom stereocenters. The molecule has 0 aliphatic heterocycles. The molecule has 0 radical (unpaired) electrons. The van der Waals surface area contributed by atoms with Gasteiger partial charge >= 0.3 is 13.1 Å². The Hall–Kier alpha value is -3.37. The first-order valence-electron chi connectivity index (χ1n) is 9.66. The fourth-order valence-corrected chi connectivity index (χ4v) is 2.99. The summed E-state index contributed by atoms with van der Waals surface area (Å²) in [5, 5.41) is 43.8. The van der Waals surface area contributed by atoms with Crippen molar-refractivity contribution in [3.8, 4) is 5.75 Å². The van der Waals surface area contributed by atoms with Crippen molar-refractivity contribution in [1.82, 2.24) is 10.6 Å². The topological polar surface area (TPSA) is 156 Å². The van der Waals surface area contributed by atoms with Crippen molar-refractivity contribution in [2.75, 3.05) is 6.54 Å². The molecule has 0 saturated heterocycles. The van der Waals surface area contributed by atoms with Crippen molar-refractivity contribution in [3.63, 3.8) is 0 Å². The molecule has 0 aliphatic carbocycles. The SMILES string of the molecule is CC(=O)NCc1ccc(CC(=O)NC[C@@H](Cc2cccc(C(=O)O)c2O)B(O)O)cc1. The van der Waals surface area contributed by atoms with Gasteiger partial charge in [-0.05, 0) is 29.2 Å². The second-order valence-corrected chi connectivity index (χ2v) is 7.20. The van der Waals surface area contributed by atoms with Gasteiger partial charge in [0.05, 0.1) is 6.42 Å². The summed E-state index contributed by atoms with van der Waals surface area (Å²) >= 11 is 0. The fourth-order valence-electron chi connectivity index (χ4n) is 2.99. The van der Waals surface area contributed by atoms with E-state index in [1.807, 2.05) is 0 Å². The van der Waals surface area contributed by atoms with Gasteiger partial charge in [0.25, 0.3) is 0 Å². The van der Waals surface area contributed by atoms with Gasteiger partial charge in [-0.25, -0.2) is 4.79 Å². The number of hydrogen-bond acceptors (Lipinski definition) is 6. The number of nitrogens with one attached hydrogen (secondary N) is 2. The summed E-state index contributed by atoms with van der Waals surface area (Å²) in [5.74, 6) is -3.04. The highest BCUT2D eigenvalue weighted by molar-refractivity contribution is 6.43. The van der Waals surface area contributed by atoms with Crippen molar-refractivity contribution in [1.29, 1.82) is 0 Å². The number of benzene rings is 2. The Balaban J connectivity index is 1.93. The molecule has 0 bridgehead atoms. The highest BCUT2D eigenvalue weighted by atomic mass is 16.4. The first-order valence-corrected chi connectivity index (χ1v) is 9.66. The maximum Gasteiger partial charge on any atom is 0.456 e. The van der Waals surface area contributed by atoms with E-state index in [4.69, 9.17) is 5.11 Å². The number of amides is 2. The van der Waals surface area contributed by atoms with E-state index in [2.05, 4.69) is 10.6 Å². The molecule has 31 heavy (non-hydrogen) atoms. The van der Waals surface area contributed by atoms with Crippen LogP contribution in [0.15, 0.2) is 42.5 Å². The predicted molar refractivity (Wildman–Crippen MR) is 113 cm³/mol. The van der Waals surface area contributed by atoms with Crippen LogP contribution in [0.3, 0.4) is 0 Å². The van der Waals surface area contributed by atoms with Crippen LogP contribution in [0.25, 0.3) is 0 Å². The Bertz CT molecular complexity index is 932. The molecule has 0 fully saturated rings. The molecule has 9 nitrogen and oxygen atoms in total. The second-order valence-electron chi connectivity index (χ2n) is 7.20. The molecule has 2 amide bonds. The van der Waals surface area contributed by atoms with Crippen molar-refractivity contribution in [2.45, 2.75) is 32.1 Å². The van der Waals surface area contributed by atoms with Gasteiger partial charge in [0.1, 0.15) is 11.3 Å². The molecule has 0 saturated carbocycles. The van der Waals surface area contributed by atoms with Crippen LogP contribution in [0.5, 0.6) is 5.75 Å². The van der Waals surface area contributed by atoms with Crippen molar-refractivity contribution >= 4 is 24.9 Å². The van der Waals surface area contributed by atoms with Crippen LogP contribution in [0.2, 0.25) is 5.82 Å². The minimum atomic E-state index is -1.78. The highest BCUT2D eigenvalue weighted by Crippen LogP contribution is 2.27. The molecule has 2 aromatic rings. The van der Waals surface area contributed by atoms with Gasteiger partial charge < -0.3 is 30.9 Å². The lowest BCUT2D eigenvalue weighted by molar-refractivity contribution is -0.120. The molecular formula is C21H25BN2O7. The Morgan fingerprint density at radius 2 is 1.65 bits per heavy atom. The molecule has 1 atom stereocenters. The van der Waals surface area contributed by atoms with E-state index in [-0.39, 0.29) is 42.3 Å². The molecule has 0 heterocycles. The molecular weight excluding hydrogens is 403 g/mol. The Labute approximate surface area is 179 Å². The van der Waals surface area contributed by atoms with E-state index in [9.17, 15) is 29.5 Å². The Morgan fingerprint density at radius 3 is 2.23 bits per heavy atom. The molecule has 2 rings (SSSR count). The summed E-state index contributed by atoms with van der Waals surface area (Å²) in [6, 6.07) is 11.3. The zero-order valence-corrected chi connectivity index (χ0v) is 17.0. The van der Waals surface area contributed by atoms with E-state index in [0.29, 0.717) is 6.54 Å². The number of rotatable bonds is 10. The van der Waals surface area contributed by atoms with Gasteiger partial charge in [-0.1, -0.05) is 36.4 Å². The molecule has 2 aromatic carbocycles. The number of carboxylic acid groups (broad SMARTS) is 1. The molecule has 0 spiro atoms. The van der Waals surface area contributed by atoms with Crippen LogP contribution < -0.4 is 10.6 Å². The molecule has 10 heteroatoms. The molecule has 0 aliphatic rings. The number of aromatic hydroxyl groups is 1. The normalized spacial score (nSPS) is 11.5. The Morgan fingerprint density at radius 1 is 1.00 bits per heavy atom. The largest absolute Gasteiger partial charge is 0.507 e. The zero-order chi connectivity index (χ0) is 23.0. The third-order valence-corrected chi connectivity index (χ3v) is 4.74. The lowest BCUT2D eigenvalue weighted by atomic mass is 9.69. The summed E-state index contributed by atoms with van der Waals surface area (Å²) in [5.41, 5.74) is 1.60. The number of carboxylic acids is 1. The number of hydrogen-bond donors (Lipinski definition) is 6. The van der Waals surface area contributed by atoms with Crippen LogP contribution in [0, 0.1) is 0 Å². The van der Waals surface area contributed by atoms with E-state index < -0.39 is 24.7 Å². The monoisotopic (exact) mass is 428 g/mol. The number of carbonyl (C=O) groups is 3. The van der Waals surface area contributed by atoms with Crippen LogP contribution in [0.1, 0.15) is 34.0 Å². The van der Waals surface area contributed by atoms with Gasteiger partial charge in [-0.3, -0.25) is 9.59 Å². The summed E-state index contributed by atoms with van der Waals surface area (Å²) < 4.78 is 0. The Kier molecular flexibility index (Phi) is 8.59. The minimum absolute atomic E-state index is 0.0389. The number of phenols is 1. The second kappa shape index (κ2) is 11.1. The molecule has 6 N–H and O–H groups in total. The van der Waals surface area contributed by atoms with E-state index in [1.54, 1.807) is 24.3 Å². The highest BCUT2D eigenvalue weighted by Gasteiger charge is 2.26. The van der Waals surface area contributed by atoms with Crippen LogP contribution in [-0.4, -0.2) is 51.7 Å². The minimum Gasteiger partial charge on any atom is -0.507 e. The first-order chi connectivity index (χ1) is 14.7. The van der Waals surface area contributed by atoms with E-state index >= 15 is 0 Å². The summed E-state index contributed by atoms with van der Waals surface area (Å²) in [7, 11) is -1.78. The summed E-state index contributed by atoms with van der Waals surface area (Å²) in [6.07, 6.45) is 0.0388. The van der Waals surface area contributed by atoms with Gasteiger partial charge in [0, 0.05) is 25.8 Å². The standard InChI is InChI=1S/C21H25BN2O7/c1-13(25)23-11-15-7-5-14(6-8-15)9-19(26)24-12-17(22(30)31)10-16-3-2-4-18(20(16)27)21(28)29/h2-8,17,27,30-31H,9-12H2,1H3,(H,23,25)(H,24,26)(H,28,29)/t17-/m1/s1. The van der Waals surface area contributed by atoms with E-state index in [1.165, 1.54) is 25.1 Å². The summed E-state index contributed by atoms with van der Waals surface area (Å²) in [6.45, 7) is 1.75. The smallest absolute Gasteiger partial charge is 0.456 e. The maximum atomic E-state index is 12.2. The third kappa shape index (κ3) is 7.43. The van der Waals surface area contributed by atoms with Gasteiger partial charge in [0.2, 0.25) is 11.8 Å². The van der Waals surface area contributed by atoms with Gasteiger partial charge in [0.15, 0.2) is 0 Å². The maximum absolute atomic E-state index is 12.2. The van der Waals surface area contributed by atoms with Crippen LogP contribution >= 0.6 is 0 Å². The number of carbonyl (C=O) groups excluding carboxylic acids is 2. The third-order valence-electron chi connectivity index (χ3n) is 4.74. The predicted octanol–water partition coefficient (Wildman–Crippen LogP) is 0.471. The molecule has 0 aromatic heterocycles.